The van der Waals surface area contributed by atoms with Gasteiger partial charge in [0.15, 0.2) is 0 Å². The number of aliphatic hydroxyl groups is 1. The van der Waals surface area contributed by atoms with Gasteiger partial charge >= 0.3 is 5.97 Å². The van der Waals surface area contributed by atoms with E-state index in [1.807, 2.05) is 0 Å². The number of methoxy groups -OCH3 is 1. The monoisotopic (exact) mass is 212 g/mol. The zero-order chi connectivity index (χ0) is 10.8. The van der Waals surface area contributed by atoms with Crippen molar-refractivity contribution in [2.75, 3.05) is 7.11 Å². The summed E-state index contributed by atoms with van der Waals surface area (Å²) in [4.78, 5) is 11.3. The molecule has 1 atom stereocenters. The van der Waals surface area contributed by atoms with Gasteiger partial charge in [-0.3, -0.25) is 4.79 Å². The number of carbonyl (C=O) groups excluding carboxylic acids is 1. The van der Waals surface area contributed by atoms with E-state index in [0.29, 0.717) is 11.8 Å². The lowest BCUT2D eigenvalue weighted by atomic mass is 9.78. The fourth-order valence-corrected chi connectivity index (χ4v) is 2.69. The van der Waals surface area contributed by atoms with Crippen LogP contribution in [-0.2, 0) is 9.53 Å². The first-order valence-electron chi connectivity index (χ1n) is 5.98. The summed E-state index contributed by atoms with van der Waals surface area (Å²) < 4.78 is 4.74. The second-order valence-electron chi connectivity index (χ2n) is 4.96. The molecule has 2 fully saturated rings. The van der Waals surface area contributed by atoms with E-state index in [4.69, 9.17) is 4.74 Å². The first-order valence-corrected chi connectivity index (χ1v) is 5.98. The molecule has 0 saturated heterocycles. The van der Waals surface area contributed by atoms with Gasteiger partial charge in [0.25, 0.3) is 0 Å². The second kappa shape index (κ2) is 4.52. The van der Waals surface area contributed by atoms with Crippen LogP contribution in [0.2, 0.25) is 0 Å². The summed E-state index contributed by atoms with van der Waals surface area (Å²) in [7, 11) is 1.45. The van der Waals surface area contributed by atoms with Gasteiger partial charge in [0, 0.05) is 0 Å². The molecule has 0 amide bonds. The van der Waals surface area contributed by atoms with Crippen molar-refractivity contribution in [3.05, 3.63) is 0 Å². The predicted octanol–water partition coefficient (Wildman–Crippen LogP) is 1.74. The first kappa shape index (κ1) is 10.9. The number of rotatable bonds is 3. The van der Waals surface area contributed by atoms with Crippen molar-refractivity contribution in [1.29, 1.82) is 0 Å². The van der Waals surface area contributed by atoms with Crippen LogP contribution in [0.5, 0.6) is 0 Å². The summed E-state index contributed by atoms with van der Waals surface area (Å²) >= 11 is 0. The minimum atomic E-state index is -0.108. The Labute approximate surface area is 90.8 Å². The van der Waals surface area contributed by atoms with E-state index >= 15 is 0 Å². The molecule has 0 heterocycles. The van der Waals surface area contributed by atoms with Crippen LogP contribution in [0.25, 0.3) is 0 Å². The van der Waals surface area contributed by atoms with Crippen molar-refractivity contribution in [3.8, 4) is 0 Å². The average molecular weight is 212 g/mol. The summed E-state index contributed by atoms with van der Waals surface area (Å²) in [6.07, 6.45) is 6.02. The van der Waals surface area contributed by atoms with Crippen LogP contribution in [0.3, 0.4) is 0 Å². The molecule has 2 saturated carbocycles. The van der Waals surface area contributed by atoms with E-state index in [1.54, 1.807) is 0 Å². The van der Waals surface area contributed by atoms with Crippen LogP contribution in [0.4, 0.5) is 0 Å². The number of carbonyl (C=O) groups is 1. The van der Waals surface area contributed by atoms with Gasteiger partial charge < -0.3 is 9.84 Å². The van der Waals surface area contributed by atoms with Crippen LogP contribution in [0.1, 0.15) is 38.5 Å². The SMILES string of the molecule is COC(=O)C1CCC(C(O)C2CC2)CC1. The molecular formula is C12H20O3. The molecular weight excluding hydrogens is 192 g/mol. The maximum absolute atomic E-state index is 11.3. The highest BCUT2D eigenvalue weighted by atomic mass is 16.5. The van der Waals surface area contributed by atoms with Gasteiger partial charge in [-0.2, -0.15) is 0 Å². The van der Waals surface area contributed by atoms with Crippen molar-refractivity contribution in [3.63, 3.8) is 0 Å². The summed E-state index contributed by atoms with van der Waals surface area (Å²) in [6, 6.07) is 0. The van der Waals surface area contributed by atoms with E-state index in [-0.39, 0.29) is 18.0 Å². The smallest absolute Gasteiger partial charge is 0.308 e. The van der Waals surface area contributed by atoms with Gasteiger partial charge in [0.2, 0.25) is 0 Å². The summed E-state index contributed by atoms with van der Waals surface area (Å²) in [6.45, 7) is 0. The summed E-state index contributed by atoms with van der Waals surface area (Å²) in [5.41, 5.74) is 0. The van der Waals surface area contributed by atoms with Crippen molar-refractivity contribution in [2.45, 2.75) is 44.6 Å². The van der Waals surface area contributed by atoms with Gasteiger partial charge in [-0.05, 0) is 50.4 Å². The van der Waals surface area contributed by atoms with Crippen molar-refractivity contribution < 1.29 is 14.6 Å². The van der Waals surface area contributed by atoms with E-state index in [1.165, 1.54) is 20.0 Å². The predicted molar refractivity (Wildman–Crippen MR) is 56.2 cm³/mol. The molecule has 3 nitrogen and oxygen atoms in total. The highest BCUT2D eigenvalue weighted by Crippen LogP contribution is 2.41. The second-order valence-corrected chi connectivity index (χ2v) is 4.96. The number of esters is 1. The zero-order valence-corrected chi connectivity index (χ0v) is 9.32. The van der Waals surface area contributed by atoms with Gasteiger partial charge in [-0.1, -0.05) is 0 Å². The molecule has 15 heavy (non-hydrogen) atoms. The lowest BCUT2D eigenvalue weighted by Crippen LogP contribution is -2.30. The molecule has 0 radical (unpaired) electrons. The zero-order valence-electron chi connectivity index (χ0n) is 9.32. The number of ether oxygens (including phenoxy) is 1. The Morgan fingerprint density at radius 2 is 1.60 bits per heavy atom. The molecule has 0 aromatic heterocycles. The molecule has 0 aliphatic heterocycles. The van der Waals surface area contributed by atoms with Crippen LogP contribution >= 0.6 is 0 Å². The largest absolute Gasteiger partial charge is 0.469 e. The lowest BCUT2D eigenvalue weighted by Gasteiger charge is -2.30. The Balaban J connectivity index is 1.78. The van der Waals surface area contributed by atoms with Crippen LogP contribution < -0.4 is 0 Å². The van der Waals surface area contributed by atoms with Crippen LogP contribution in [0.15, 0.2) is 0 Å². The fraction of sp³-hybridized carbons (Fsp3) is 0.917. The van der Waals surface area contributed by atoms with Gasteiger partial charge in [0.1, 0.15) is 0 Å². The Kier molecular flexibility index (Phi) is 3.29. The standard InChI is InChI=1S/C12H20O3/c1-15-12(14)10-6-4-9(5-7-10)11(13)8-2-3-8/h8-11,13H,2-7H2,1H3. The minimum Gasteiger partial charge on any atom is -0.469 e. The third kappa shape index (κ3) is 2.51. The average Bonchev–Trinajstić information content (AvgIpc) is 3.11. The third-order valence-corrected chi connectivity index (χ3v) is 3.89. The number of aliphatic hydroxyl groups excluding tert-OH is 1. The topological polar surface area (TPSA) is 46.5 Å². The van der Waals surface area contributed by atoms with Crippen molar-refractivity contribution in [1.82, 2.24) is 0 Å². The van der Waals surface area contributed by atoms with Gasteiger partial charge in [0.05, 0.1) is 19.1 Å². The van der Waals surface area contributed by atoms with Gasteiger partial charge in [-0.25, -0.2) is 0 Å². The molecule has 1 unspecified atom stereocenters. The van der Waals surface area contributed by atoms with Crippen molar-refractivity contribution in [2.24, 2.45) is 17.8 Å². The highest BCUT2D eigenvalue weighted by Gasteiger charge is 2.37. The van der Waals surface area contributed by atoms with E-state index in [0.717, 1.165) is 25.7 Å². The van der Waals surface area contributed by atoms with Crippen LogP contribution in [-0.4, -0.2) is 24.3 Å². The van der Waals surface area contributed by atoms with E-state index in [2.05, 4.69) is 0 Å². The molecule has 3 heteroatoms. The Bertz CT molecular complexity index is 227. The number of hydrogen-bond donors (Lipinski definition) is 1. The fourth-order valence-electron chi connectivity index (χ4n) is 2.69. The van der Waals surface area contributed by atoms with Crippen molar-refractivity contribution >= 4 is 5.97 Å². The molecule has 86 valence electrons. The minimum absolute atomic E-state index is 0.0747. The Morgan fingerprint density at radius 1 is 1.13 bits per heavy atom. The molecule has 2 rings (SSSR count). The lowest BCUT2D eigenvalue weighted by molar-refractivity contribution is -0.147. The molecule has 2 aliphatic carbocycles. The third-order valence-electron chi connectivity index (χ3n) is 3.89. The van der Waals surface area contributed by atoms with E-state index in [9.17, 15) is 9.90 Å². The maximum Gasteiger partial charge on any atom is 0.308 e. The quantitative estimate of drug-likeness (QED) is 0.725. The van der Waals surface area contributed by atoms with E-state index < -0.39 is 0 Å². The maximum atomic E-state index is 11.3. The molecule has 0 spiro atoms. The normalized spacial score (nSPS) is 33.5. The molecule has 2 aliphatic rings. The Morgan fingerprint density at radius 3 is 2.00 bits per heavy atom. The van der Waals surface area contributed by atoms with Crippen LogP contribution in [0, 0.1) is 17.8 Å². The molecule has 0 aromatic carbocycles. The summed E-state index contributed by atoms with van der Waals surface area (Å²) in [5, 5.41) is 9.98. The molecule has 1 N–H and O–H groups in total. The number of hydrogen-bond acceptors (Lipinski definition) is 3. The molecule has 0 bridgehead atoms. The van der Waals surface area contributed by atoms with Gasteiger partial charge in [-0.15, -0.1) is 0 Å². The highest BCUT2D eigenvalue weighted by molar-refractivity contribution is 5.72. The Hall–Kier alpha value is -0.570. The first-order chi connectivity index (χ1) is 7.22. The summed E-state index contributed by atoms with van der Waals surface area (Å²) in [5.74, 6) is 0.995. The molecule has 0 aromatic rings.